The highest BCUT2D eigenvalue weighted by Gasteiger charge is 2.29. The fraction of sp³-hybridized carbons (Fsp3) is 0.769. The van der Waals surface area contributed by atoms with Crippen molar-refractivity contribution >= 4 is 0 Å². The largest absolute Gasteiger partial charge is 0.388 e. The molecule has 0 aromatic heterocycles. The molecule has 0 radical (unpaired) electrons. The Morgan fingerprint density at radius 2 is 2.12 bits per heavy atom. The lowest BCUT2D eigenvalue weighted by molar-refractivity contribution is -0.145. The predicted octanol–water partition coefficient (Wildman–Crippen LogP) is 2.01. The summed E-state index contributed by atoms with van der Waals surface area (Å²) in [6.45, 7) is 3.35. The van der Waals surface area contributed by atoms with Crippen LogP contribution >= 0.6 is 0 Å². The van der Waals surface area contributed by atoms with Gasteiger partial charge >= 0.3 is 0 Å². The van der Waals surface area contributed by atoms with Crippen molar-refractivity contribution in [3.05, 3.63) is 17.9 Å². The van der Waals surface area contributed by atoms with Crippen LogP contribution in [-0.4, -0.2) is 30.2 Å². The topological polar surface area (TPSA) is 38.7 Å². The van der Waals surface area contributed by atoms with Gasteiger partial charge in [-0.3, -0.25) is 0 Å². The van der Waals surface area contributed by atoms with Gasteiger partial charge in [0.1, 0.15) is 0 Å². The third-order valence-electron chi connectivity index (χ3n) is 3.13. The molecular weight excluding hydrogens is 204 g/mol. The van der Waals surface area contributed by atoms with Crippen LogP contribution in [0.15, 0.2) is 17.9 Å². The quantitative estimate of drug-likeness (QED) is 0.726. The van der Waals surface area contributed by atoms with E-state index < -0.39 is 5.79 Å². The van der Waals surface area contributed by atoms with Crippen LogP contribution in [0.5, 0.6) is 0 Å². The van der Waals surface area contributed by atoms with Crippen LogP contribution in [0.25, 0.3) is 0 Å². The van der Waals surface area contributed by atoms with Crippen LogP contribution in [0, 0.1) is 5.92 Å². The fourth-order valence-electron chi connectivity index (χ4n) is 1.86. The van der Waals surface area contributed by atoms with Gasteiger partial charge < -0.3 is 14.6 Å². The van der Waals surface area contributed by atoms with E-state index in [1.165, 1.54) is 0 Å². The van der Waals surface area contributed by atoms with Gasteiger partial charge in [-0.2, -0.15) is 0 Å². The average molecular weight is 224 g/mol. The molecule has 90 valence electrons. The van der Waals surface area contributed by atoms with Gasteiger partial charge in [0.25, 0.3) is 0 Å². The summed E-state index contributed by atoms with van der Waals surface area (Å²) in [6.07, 6.45) is 7.42. The molecule has 1 aliphatic heterocycles. The van der Waals surface area contributed by atoms with E-state index in [2.05, 4.69) is 5.73 Å². The van der Waals surface area contributed by atoms with E-state index >= 15 is 0 Å². The molecule has 0 aromatic rings. The molecule has 2 fully saturated rings. The van der Waals surface area contributed by atoms with Crippen LogP contribution in [0.1, 0.15) is 32.6 Å². The zero-order valence-electron chi connectivity index (χ0n) is 9.82. The summed E-state index contributed by atoms with van der Waals surface area (Å²) in [4.78, 5) is 0. The Balaban J connectivity index is 1.68. The van der Waals surface area contributed by atoms with E-state index in [1.54, 1.807) is 6.08 Å². The molecule has 1 unspecified atom stereocenters. The summed E-state index contributed by atoms with van der Waals surface area (Å²) >= 11 is 0. The maximum atomic E-state index is 9.56. The predicted molar refractivity (Wildman–Crippen MR) is 60.9 cm³/mol. The van der Waals surface area contributed by atoms with Crippen molar-refractivity contribution in [1.29, 1.82) is 0 Å². The van der Waals surface area contributed by atoms with Crippen molar-refractivity contribution in [3.8, 4) is 0 Å². The molecule has 0 aromatic carbocycles. The second-order valence-corrected chi connectivity index (χ2v) is 4.73. The number of hydrogen-bond acceptors (Lipinski definition) is 3. The summed E-state index contributed by atoms with van der Waals surface area (Å²) in [6, 6.07) is 0. The smallest absolute Gasteiger partial charge is 0.166 e. The van der Waals surface area contributed by atoms with Crippen LogP contribution in [-0.2, 0) is 9.47 Å². The van der Waals surface area contributed by atoms with E-state index in [0.29, 0.717) is 19.1 Å². The molecule has 0 spiro atoms. The number of ether oxygens (including phenoxy) is 2. The van der Waals surface area contributed by atoms with Gasteiger partial charge in [-0.15, -0.1) is 5.73 Å². The third-order valence-corrected chi connectivity index (χ3v) is 3.13. The number of aliphatic hydroxyl groups is 1. The highest BCUT2D eigenvalue weighted by molar-refractivity contribution is 4.97. The molecule has 3 nitrogen and oxygen atoms in total. The maximum absolute atomic E-state index is 9.56. The molecule has 1 saturated carbocycles. The second kappa shape index (κ2) is 5.15. The molecule has 0 bridgehead atoms. The minimum atomic E-state index is -0.409. The molecule has 2 rings (SSSR count). The van der Waals surface area contributed by atoms with Crippen LogP contribution in [0.4, 0.5) is 0 Å². The van der Waals surface area contributed by atoms with Gasteiger partial charge in [-0.05, 0) is 44.3 Å². The molecule has 1 N–H and O–H groups in total. The molecule has 0 amide bonds. The van der Waals surface area contributed by atoms with Crippen LogP contribution in [0.3, 0.4) is 0 Å². The SMILES string of the molecule is CC1(CCC=C=CC(O)C2CC2)OCCO1. The van der Waals surface area contributed by atoms with Gasteiger partial charge in [0, 0.05) is 6.42 Å². The maximum Gasteiger partial charge on any atom is 0.166 e. The van der Waals surface area contributed by atoms with E-state index in [1.807, 2.05) is 13.0 Å². The summed E-state index contributed by atoms with van der Waals surface area (Å²) in [5, 5.41) is 9.56. The lowest BCUT2D eigenvalue weighted by atomic mass is 10.1. The summed E-state index contributed by atoms with van der Waals surface area (Å²) in [5.74, 6) is 0.0766. The van der Waals surface area contributed by atoms with Gasteiger partial charge in [-0.1, -0.05) is 0 Å². The first-order chi connectivity index (χ1) is 7.70. The Labute approximate surface area is 96.7 Å². The zero-order chi connectivity index (χ0) is 11.4. The molecule has 2 aliphatic rings. The van der Waals surface area contributed by atoms with Gasteiger partial charge in [0.05, 0.1) is 19.3 Å². The van der Waals surface area contributed by atoms with E-state index in [-0.39, 0.29) is 6.10 Å². The van der Waals surface area contributed by atoms with Gasteiger partial charge in [0.15, 0.2) is 5.79 Å². The number of aliphatic hydroxyl groups excluding tert-OH is 1. The Hall–Kier alpha value is -0.600. The van der Waals surface area contributed by atoms with Gasteiger partial charge in [0.2, 0.25) is 0 Å². The zero-order valence-corrected chi connectivity index (χ0v) is 9.82. The molecule has 3 heteroatoms. The standard InChI is InChI=1S/C13H20O3/c1-13(15-9-10-16-13)8-4-2-3-5-12(14)11-6-7-11/h2,5,11-12,14H,4,6-10H2,1H3. The first kappa shape index (κ1) is 11.9. The normalized spacial score (nSPS) is 24.9. The summed E-state index contributed by atoms with van der Waals surface area (Å²) < 4.78 is 11.0. The Morgan fingerprint density at radius 3 is 2.75 bits per heavy atom. The molecule has 1 heterocycles. The first-order valence-electron chi connectivity index (χ1n) is 6.07. The highest BCUT2D eigenvalue weighted by Crippen LogP contribution is 2.32. The van der Waals surface area contributed by atoms with Crippen molar-refractivity contribution in [2.24, 2.45) is 5.92 Å². The van der Waals surface area contributed by atoms with E-state index in [4.69, 9.17) is 9.47 Å². The Kier molecular flexibility index (Phi) is 3.82. The molecule has 16 heavy (non-hydrogen) atoms. The monoisotopic (exact) mass is 224 g/mol. The minimum Gasteiger partial charge on any atom is -0.388 e. The van der Waals surface area contributed by atoms with Crippen molar-refractivity contribution in [3.63, 3.8) is 0 Å². The van der Waals surface area contributed by atoms with Crippen LogP contribution < -0.4 is 0 Å². The second-order valence-electron chi connectivity index (χ2n) is 4.73. The van der Waals surface area contributed by atoms with E-state index in [0.717, 1.165) is 25.7 Å². The van der Waals surface area contributed by atoms with Crippen molar-refractivity contribution in [2.75, 3.05) is 13.2 Å². The van der Waals surface area contributed by atoms with Crippen molar-refractivity contribution in [1.82, 2.24) is 0 Å². The lowest BCUT2D eigenvalue weighted by Gasteiger charge is -2.20. The molecule has 1 saturated heterocycles. The number of rotatable bonds is 5. The molecular formula is C13H20O3. The van der Waals surface area contributed by atoms with Crippen molar-refractivity contribution in [2.45, 2.75) is 44.5 Å². The molecule has 1 aliphatic carbocycles. The minimum absolute atomic E-state index is 0.300. The van der Waals surface area contributed by atoms with Gasteiger partial charge in [-0.25, -0.2) is 0 Å². The average Bonchev–Trinajstić information content (AvgIpc) is 3.02. The Bertz CT molecular complexity index is 282. The van der Waals surface area contributed by atoms with Crippen molar-refractivity contribution < 1.29 is 14.6 Å². The highest BCUT2D eigenvalue weighted by atomic mass is 16.7. The lowest BCUT2D eigenvalue weighted by Crippen LogP contribution is -2.24. The first-order valence-corrected chi connectivity index (χ1v) is 6.07. The number of hydrogen-bond donors (Lipinski definition) is 1. The summed E-state index contributed by atoms with van der Waals surface area (Å²) in [5.41, 5.74) is 3.04. The van der Waals surface area contributed by atoms with E-state index in [9.17, 15) is 5.11 Å². The third kappa shape index (κ3) is 3.46. The van der Waals surface area contributed by atoms with Crippen LogP contribution in [0.2, 0.25) is 0 Å². The Morgan fingerprint density at radius 1 is 1.44 bits per heavy atom. The summed E-state index contributed by atoms with van der Waals surface area (Å²) in [7, 11) is 0. The molecule has 1 atom stereocenters. The fourth-order valence-corrected chi connectivity index (χ4v) is 1.86.